The van der Waals surface area contributed by atoms with Gasteiger partial charge in [-0.1, -0.05) is 54.6 Å². The lowest BCUT2D eigenvalue weighted by Gasteiger charge is -2.30. The number of hydrogen-bond acceptors (Lipinski definition) is 4. The van der Waals surface area contributed by atoms with Gasteiger partial charge in [-0.25, -0.2) is 0 Å². The number of likely N-dealkylation sites (tertiary alicyclic amines) is 1. The van der Waals surface area contributed by atoms with Crippen LogP contribution in [0.1, 0.15) is 16.7 Å². The maximum atomic E-state index is 13.4. The number of ketones is 1. The molecule has 4 heteroatoms. The Kier molecular flexibility index (Phi) is 7.69. The number of carbonyl (C=O) groups is 1. The highest BCUT2D eigenvalue weighted by Gasteiger charge is 2.26. The molecule has 0 saturated carbocycles. The van der Waals surface area contributed by atoms with E-state index in [4.69, 9.17) is 0 Å². The minimum Gasteiger partial charge on any atom is -0.290 e. The second kappa shape index (κ2) is 10.9. The fraction of sp³-hybridized carbons (Fsp3) is 0.179. The van der Waals surface area contributed by atoms with Gasteiger partial charge in [0, 0.05) is 40.6 Å². The minimum atomic E-state index is 0.150. The van der Waals surface area contributed by atoms with Crippen LogP contribution in [0.25, 0.3) is 12.2 Å². The van der Waals surface area contributed by atoms with Gasteiger partial charge in [-0.05, 0) is 65.6 Å². The van der Waals surface area contributed by atoms with Crippen LogP contribution < -0.4 is 0 Å². The molecule has 0 aliphatic carbocycles. The molecule has 4 rings (SSSR count). The Morgan fingerprint density at radius 1 is 0.719 bits per heavy atom. The van der Waals surface area contributed by atoms with Gasteiger partial charge in [0.2, 0.25) is 0 Å². The normalized spacial score (nSPS) is 17.2. The Bertz CT molecular complexity index is 1050. The first kappa shape index (κ1) is 22.7. The van der Waals surface area contributed by atoms with E-state index < -0.39 is 0 Å². The second-order valence-electron chi connectivity index (χ2n) is 7.85. The van der Waals surface area contributed by atoms with E-state index in [1.54, 1.807) is 23.5 Å². The van der Waals surface area contributed by atoms with Gasteiger partial charge in [0.15, 0.2) is 5.78 Å². The summed E-state index contributed by atoms with van der Waals surface area (Å²) in [6.45, 7) is 2.13. The molecule has 1 heterocycles. The number of benzene rings is 3. The zero-order valence-corrected chi connectivity index (χ0v) is 20.1. The zero-order chi connectivity index (χ0) is 22.3. The van der Waals surface area contributed by atoms with Crippen LogP contribution >= 0.6 is 23.5 Å². The first-order chi connectivity index (χ1) is 15.6. The highest BCUT2D eigenvalue weighted by Crippen LogP contribution is 2.25. The second-order valence-corrected chi connectivity index (χ2v) is 9.60. The number of carbonyl (C=O) groups excluding carboxylic acids is 1. The molecule has 0 N–H and O–H groups in total. The van der Waals surface area contributed by atoms with Crippen LogP contribution in [0.4, 0.5) is 0 Å². The van der Waals surface area contributed by atoms with E-state index in [1.807, 2.05) is 18.2 Å². The summed E-state index contributed by atoms with van der Waals surface area (Å²) in [4.78, 5) is 18.2. The molecule has 0 bridgehead atoms. The summed E-state index contributed by atoms with van der Waals surface area (Å²) in [5, 5.41) is 0. The third-order valence-electron chi connectivity index (χ3n) is 5.53. The van der Waals surface area contributed by atoms with Crippen LogP contribution in [0.5, 0.6) is 0 Å². The molecule has 0 atom stereocenters. The molecule has 1 saturated heterocycles. The molecule has 1 fully saturated rings. The van der Waals surface area contributed by atoms with Crippen molar-refractivity contribution in [1.82, 2.24) is 4.90 Å². The van der Waals surface area contributed by atoms with E-state index >= 15 is 0 Å². The van der Waals surface area contributed by atoms with Crippen molar-refractivity contribution in [3.05, 3.63) is 107 Å². The fourth-order valence-electron chi connectivity index (χ4n) is 3.87. The largest absolute Gasteiger partial charge is 0.290 e. The fourth-order valence-corrected chi connectivity index (χ4v) is 4.68. The summed E-state index contributed by atoms with van der Waals surface area (Å²) >= 11 is 3.45. The first-order valence-electron chi connectivity index (χ1n) is 10.6. The van der Waals surface area contributed by atoms with Gasteiger partial charge >= 0.3 is 0 Å². The maximum Gasteiger partial charge on any atom is 0.187 e. The molecule has 32 heavy (non-hydrogen) atoms. The van der Waals surface area contributed by atoms with E-state index in [-0.39, 0.29) is 5.78 Å². The third kappa shape index (κ3) is 5.83. The van der Waals surface area contributed by atoms with Crippen molar-refractivity contribution in [3.8, 4) is 0 Å². The Morgan fingerprint density at radius 3 is 1.62 bits per heavy atom. The molecular formula is C28H27NOS2. The van der Waals surface area contributed by atoms with Gasteiger partial charge in [0.05, 0.1) is 0 Å². The zero-order valence-electron chi connectivity index (χ0n) is 18.5. The Hall–Kier alpha value is -2.53. The van der Waals surface area contributed by atoms with Gasteiger partial charge in [0.1, 0.15) is 0 Å². The van der Waals surface area contributed by atoms with E-state index in [9.17, 15) is 4.79 Å². The van der Waals surface area contributed by atoms with E-state index in [1.165, 1.54) is 15.4 Å². The molecule has 3 aromatic carbocycles. The van der Waals surface area contributed by atoms with Gasteiger partial charge in [-0.3, -0.25) is 9.69 Å². The topological polar surface area (TPSA) is 20.3 Å². The summed E-state index contributed by atoms with van der Waals surface area (Å²) in [5.74, 6) is 0.150. The smallest absolute Gasteiger partial charge is 0.187 e. The van der Waals surface area contributed by atoms with Gasteiger partial charge in [-0.15, -0.1) is 23.5 Å². The third-order valence-corrected chi connectivity index (χ3v) is 7.02. The molecule has 2 nitrogen and oxygen atoms in total. The minimum absolute atomic E-state index is 0.150. The molecule has 3 aromatic rings. The number of nitrogens with zero attached hydrogens (tertiary/aromatic N) is 1. The summed E-state index contributed by atoms with van der Waals surface area (Å²) in [5.41, 5.74) is 5.08. The summed E-state index contributed by atoms with van der Waals surface area (Å²) in [6, 6.07) is 27.3. The summed E-state index contributed by atoms with van der Waals surface area (Å²) in [7, 11) is 0. The molecule has 0 radical (unpaired) electrons. The van der Waals surface area contributed by atoms with Gasteiger partial charge in [-0.2, -0.15) is 0 Å². The monoisotopic (exact) mass is 457 g/mol. The van der Waals surface area contributed by atoms with Gasteiger partial charge in [0.25, 0.3) is 0 Å². The quantitative estimate of drug-likeness (QED) is 0.304. The molecule has 0 aromatic heterocycles. The van der Waals surface area contributed by atoms with E-state index in [0.29, 0.717) is 13.1 Å². The average Bonchev–Trinajstić information content (AvgIpc) is 2.83. The van der Waals surface area contributed by atoms with Crippen molar-refractivity contribution in [2.75, 3.05) is 25.6 Å². The van der Waals surface area contributed by atoms with Crippen LogP contribution in [0.15, 0.2) is 99.8 Å². The predicted molar refractivity (Wildman–Crippen MR) is 139 cm³/mol. The highest BCUT2D eigenvalue weighted by atomic mass is 32.2. The molecular weight excluding hydrogens is 430 g/mol. The number of piperidine rings is 1. The molecule has 0 spiro atoms. The van der Waals surface area contributed by atoms with Crippen LogP contribution in [0.3, 0.4) is 0 Å². The van der Waals surface area contributed by atoms with E-state index in [2.05, 4.69) is 90.2 Å². The molecule has 162 valence electrons. The lowest BCUT2D eigenvalue weighted by molar-refractivity contribution is -0.113. The lowest BCUT2D eigenvalue weighted by Crippen LogP contribution is -2.37. The van der Waals surface area contributed by atoms with Crippen molar-refractivity contribution in [2.45, 2.75) is 16.3 Å². The molecule has 0 unspecified atom stereocenters. The van der Waals surface area contributed by atoms with Crippen molar-refractivity contribution in [1.29, 1.82) is 0 Å². The number of Topliss-reactive ketones (excluding diaryl/α,β-unsaturated/α-hetero) is 1. The number of rotatable bonds is 6. The number of thioether (sulfide) groups is 2. The summed E-state index contributed by atoms with van der Waals surface area (Å²) in [6.07, 6.45) is 8.24. The average molecular weight is 458 g/mol. The SMILES string of the molecule is CSc1ccc(C=C2CN(Cc3ccccc3)CC(=Cc3ccc(SC)cc3)C2=O)cc1. The van der Waals surface area contributed by atoms with Crippen molar-refractivity contribution < 1.29 is 4.79 Å². The lowest BCUT2D eigenvalue weighted by atomic mass is 9.94. The standard InChI is InChI=1S/C28H27NOS2/c1-31-26-12-8-21(9-13-26)16-24-19-29(18-23-6-4-3-5-7-23)20-25(28(24)30)17-22-10-14-27(32-2)15-11-22/h3-17H,18-20H2,1-2H3. The Morgan fingerprint density at radius 2 is 1.19 bits per heavy atom. The summed E-state index contributed by atoms with van der Waals surface area (Å²) < 4.78 is 0. The van der Waals surface area contributed by atoms with Crippen molar-refractivity contribution in [3.63, 3.8) is 0 Å². The first-order valence-corrected chi connectivity index (χ1v) is 13.1. The van der Waals surface area contributed by atoms with Crippen LogP contribution in [-0.4, -0.2) is 36.3 Å². The molecule has 1 aliphatic heterocycles. The molecule has 0 amide bonds. The van der Waals surface area contributed by atoms with Gasteiger partial charge < -0.3 is 0 Å². The van der Waals surface area contributed by atoms with Crippen molar-refractivity contribution >= 4 is 41.5 Å². The van der Waals surface area contributed by atoms with Crippen molar-refractivity contribution in [2.24, 2.45) is 0 Å². The van der Waals surface area contributed by atoms with E-state index in [0.717, 1.165) is 28.8 Å². The van der Waals surface area contributed by atoms with Crippen LogP contribution in [0, 0.1) is 0 Å². The predicted octanol–water partition coefficient (Wildman–Crippen LogP) is 6.68. The highest BCUT2D eigenvalue weighted by molar-refractivity contribution is 7.98. The van der Waals surface area contributed by atoms with Crippen LogP contribution in [0.2, 0.25) is 0 Å². The maximum absolute atomic E-state index is 13.4. The number of hydrogen-bond donors (Lipinski definition) is 0. The Balaban J connectivity index is 1.65. The van der Waals surface area contributed by atoms with Crippen LogP contribution in [-0.2, 0) is 11.3 Å². The molecule has 1 aliphatic rings. The Labute approximate surface area is 199 Å².